The number of aliphatic hydroxyl groups excluding tert-OH is 2. The molecule has 0 aliphatic heterocycles. The number of anilines is 2. The van der Waals surface area contributed by atoms with Crippen LogP contribution in [0.3, 0.4) is 0 Å². The minimum Gasteiger partial charge on any atom is -0.511 e. The molecule has 4 aliphatic carbocycles. The van der Waals surface area contributed by atoms with Gasteiger partial charge in [-0.15, -0.1) is 0 Å². The number of aromatic hydroxyl groups is 1. The van der Waals surface area contributed by atoms with E-state index in [9.17, 15) is 34.5 Å². The second kappa shape index (κ2) is 11.6. The van der Waals surface area contributed by atoms with Crippen molar-refractivity contribution >= 4 is 34.8 Å². The summed E-state index contributed by atoms with van der Waals surface area (Å²) in [5.41, 5.74) is 6.06. The zero-order valence-electron chi connectivity index (χ0n) is 26.1. The van der Waals surface area contributed by atoms with E-state index < -0.39 is 64.1 Å². The summed E-state index contributed by atoms with van der Waals surface area (Å²) >= 11 is 0. The Morgan fingerprint density at radius 1 is 1.00 bits per heavy atom. The van der Waals surface area contributed by atoms with Crippen molar-refractivity contribution in [3.8, 4) is 5.75 Å². The number of ketones is 2. The van der Waals surface area contributed by atoms with Crippen molar-refractivity contribution in [2.75, 3.05) is 45.0 Å². The van der Waals surface area contributed by atoms with Gasteiger partial charge < -0.3 is 36.6 Å². The standard InChI is InChI=1S/C32H43N5O7/c1-13-7-16(8-14(13)2)34-12-21(38)35-19-11-20(36(3)4)17-9-15-10-18-24(29(41)22(15)28(40)23(17)27(19)39)30(42)25(32(33)44)31(43)26(18)37(5)6/h11,13-16,18,24,26,34,39,41,43H,7-10,12H2,1-6H3,(H2,33,44)(H,35,38)/t13?,14?,15-,16?,18+,24?,26-/m0/s1. The molecule has 44 heavy (non-hydrogen) atoms. The van der Waals surface area contributed by atoms with Crippen LogP contribution in [0.5, 0.6) is 5.75 Å². The molecule has 12 heteroatoms. The first kappa shape index (κ1) is 31.5. The van der Waals surface area contributed by atoms with Crippen LogP contribution in [0.4, 0.5) is 11.4 Å². The molecule has 7 N–H and O–H groups in total. The summed E-state index contributed by atoms with van der Waals surface area (Å²) in [6, 6.07) is 1.08. The number of rotatable bonds is 7. The predicted molar refractivity (Wildman–Crippen MR) is 165 cm³/mol. The summed E-state index contributed by atoms with van der Waals surface area (Å²) in [4.78, 5) is 56.2. The summed E-state index contributed by atoms with van der Waals surface area (Å²) in [5.74, 6) is -5.56. The van der Waals surface area contributed by atoms with E-state index in [0.29, 0.717) is 23.1 Å². The highest BCUT2D eigenvalue weighted by molar-refractivity contribution is 6.22. The first-order valence-corrected chi connectivity index (χ1v) is 15.1. The molecule has 0 bridgehead atoms. The van der Waals surface area contributed by atoms with E-state index >= 15 is 0 Å². The maximum atomic E-state index is 14.1. The molecule has 2 amide bonds. The molecule has 238 valence electrons. The van der Waals surface area contributed by atoms with Crippen molar-refractivity contribution in [3.63, 3.8) is 0 Å². The Bertz CT molecular complexity index is 1490. The third kappa shape index (κ3) is 5.13. The van der Waals surface area contributed by atoms with Gasteiger partial charge in [-0.1, -0.05) is 13.8 Å². The number of allylic oxidation sites excluding steroid dienone is 2. The number of primary amides is 1. The number of phenolic OH excluding ortho intramolecular Hbond substituents is 1. The monoisotopic (exact) mass is 609 g/mol. The highest BCUT2D eigenvalue weighted by Crippen LogP contribution is 2.52. The number of nitrogens with two attached hydrogens (primary N) is 1. The molecule has 0 saturated heterocycles. The number of Topliss-reactive ketones (excluding diaryl/α,β-unsaturated/α-hetero) is 2. The van der Waals surface area contributed by atoms with Crippen molar-refractivity contribution in [1.82, 2.24) is 10.2 Å². The quantitative estimate of drug-likeness (QED) is 0.197. The topological polar surface area (TPSA) is 186 Å². The van der Waals surface area contributed by atoms with E-state index in [-0.39, 0.29) is 48.2 Å². The number of hydrogen-bond acceptors (Lipinski definition) is 10. The molecule has 4 aliphatic rings. The molecule has 1 fully saturated rings. The third-order valence-electron chi connectivity index (χ3n) is 10.1. The Hall–Kier alpha value is -3.90. The van der Waals surface area contributed by atoms with Gasteiger partial charge in [-0.2, -0.15) is 0 Å². The van der Waals surface area contributed by atoms with E-state index in [1.807, 2.05) is 0 Å². The van der Waals surface area contributed by atoms with Gasteiger partial charge >= 0.3 is 0 Å². The maximum absolute atomic E-state index is 14.1. The summed E-state index contributed by atoms with van der Waals surface area (Å²) < 4.78 is 0. The van der Waals surface area contributed by atoms with Gasteiger partial charge in [0.15, 0.2) is 17.3 Å². The van der Waals surface area contributed by atoms with Gasteiger partial charge in [-0.25, -0.2) is 0 Å². The average molecular weight is 610 g/mol. The largest absolute Gasteiger partial charge is 0.511 e. The van der Waals surface area contributed by atoms with Crippen molar-refractivity contribution in [3.05, 3.63) is 39.9 Å². The SMILES string of the molecule is CC1CC(NCC(=O)Nc2cc(N(C)C)c3c(c2O)C(=O)C2=C(O)C4C(=O)C(C(N)=O)=C(O)[C@@H](N(C)C)[C@@H]4C[C@@H]2C3)CC1C. The number of likely N-dealkylation sites (N-methyl/N-ethyl adjacent to an activating group) is 1. The normalized spacial score (nSPS) is 29.8. The Kier molecular flexibility index (Phi) is 8.27. The van der Waals surface area contributed by atoms with Gasteiger partial charge in [-0.3, -0.25) is 24.1 Å². The van der Waals surface area contributed by atoms with Crippen LogP contribution in [0.25, 0.3) is 0 Å². The Balaban J connectivity index is 1.51. The minimum atomic E-state index is -1.26. The second-order valence-corrected chi connectivity index (χ2v) is 13.4. The summed E-state index contributed by atoms with van der Waals surface area (Å²) in [7, 11) is 6.96. The number of fused-ring (bicyclic) bond motifs is 3. The molecular formula is C32H43N5O7. The highest BCUT2D eigenvalue weighted by atomic mass is 16.3. The fourth-order valence-electron chi connectivity index (χ4n) is 7.87. The first-order chi connectivity index (χ1) is 20.6. The van der Waals surface area contributed by atoms with Crippen molar-refractivity contribution in [2.24, 2.45) is 35.3 Å². The second-order valence-electron chi connectivity index (χ2n) is 13.4. The lowest BCUT2D eigenvalue weighted by Crippen LogP contribution is -2.53. The van der Waals surface area contributed by atoms with Crippen LogP contribution in [0.15, 0.2) is 28.7 Å². The zero-order chi connectivity index (χ0) is 32.4. The Morgan fingerprint density at radius 3 is 2.20 bits per heavy atom. The number of aliphatic hydroxyl groups is 2. The molecule has 1 saturated carbocycles. The van der Waals surface area contributed by atoms with Gasteiger partial charge in [0.1, 0.15) is 17.1 Å². The van der Waals surface area contributed by atoms with Crippen molar-refractivity contribution < 1.29 is 34.5 Å². The highest BCUT2D eigenvalue weighted by Gasteiger charge is 2.54. The number of amides is 2. The molecule has 0 radical (unpaired) electrons. The molecule has 0 aromatic heterocycles. The fourth-order valence-corrected chi connectivity index (χ4v) is 7.87. The van der Waals surface area contributed by atoms with E-state index in [0.717, 1.165) is 12.8 Å². The summed E-state index contributed by atoms with van der Waals surface area (Å²) in [6.45, 7) is 4.44. The van der Waals surface area contributed by atoms with Crippen LogP contribution >= 0.6 is 0 Å². The van der Waals surface area contributed by atoms with Crippen LogP contribution in [0.2, 0.25) is 0 Å². The summed E-state index contributed by atoms with van der Waals surface area (Å²) in [6.07, 6.45) is 2.48. The molecular weight excluding hydrogens is 566 g/mol. The lowest BCUT2D eigenvalue weighted by atomic mass is 9.61. The van der Waals surface area contributed by atoms with Crippen LogP contribution in [-0.2, 0) is 20.8 Å². The molecule has 1 aromatic carbocycles. The van der Waals surface area contributed by atoms with E-state index in [1.54, 1.807) is 44.1 Å². The lowest BCUT2D eigenvalue weighted by Gasteiger charge is -2.46. The van der Waals surface area contributed by atoms with Crippen LogP contribution < -0.4 is 21.3 Å². The third-order valence-corrected chi connectivity index (χ3v) is 10.1. The van der Waals surface area contributed by atoms with Crippen LogP contribution in [0, 0.1) is 29.6 Å². The Morgan fingerprint density at radius 2 is 1.64 bits per heavy atom. The zero-order valence-corrected chi connectivity index (χ0v) is 26.1. The molecule has 0 spiro atoms. The number of hydrogen-bond donors (Lipinski definition) is 6. The summed E-state index contributed by atoms with van der Waals surface area (Å²) in [5, 5.41) is 39.9. The first-order valence-electron chi connectivity index (χ1n) is 15.1. The maximum Gasteiger partial charge on any atom is 0.255 e. The van der Waals surface area contributed by atoms with E-state index in [2.05, 4.69) is 24.5 Å². The van der Waals surface area contributed by atoms with Gasteiger partial charge in [0, 0.05) is 31.4 Å². The van der Waals surface area contributed by atoms with E-state index in [4.69, 9.17) is 5.73 Å². The molecule has 12 nitrogen and oxygen atoms in total. The number of phenols is 1. The fraction of sp³-hybridized carbons (Fsp3) is 0.562. The molecule has 3 unspecified atom stereocenters. The number of carbonyl (C=O) groups excluding carboxylic acids is 4. The molecule has 5 rings (SSSR count). The number of benzene rings is 1. The average Bonchev–Trinajstić information content (AvgIpc) is 3.24. The molecule has 6 atom stereocenters. The number of carbonyl (C=O) groups is 4. The van der Waals surface area contributed by atoms with Crippen LogP contribution in [-0.4, -0.2) is 90.4 Å². The van der Waals surface area contributed by atoms with Crippen LogP contribution in [0.1, 0.15) is 49.0 Å². The lowest BCUT2D eigenvalue weighted by molar-refractivity contribution is -0.127. The van der Waals surface area contributed by atoms with E-state index in [1.165, 1.54) is 0 Å². The number of nitrogens with one attached hydrogen (secondary N) is 2. The number of nitrogens with zero attached hydrogens (tertiary/aromatic N) is 2. The molecule has 1 aromatic rings. The van der Waals surface area contributed by atoms with Crippen molar-refractivity contribution in [2.45, 2.75) is 51.6 Å². The predicted octanol–water partition coefficient (Wildman–Crippen LogP) is 2.03. The molecule has 0 heterocycles. The van der Waals surface area contributed by atoms with Gasteiger partial charge in [-0.05, 0) is 75.1 Å². The van der Waals surface area contributed by atoms with Crippen molar-refractivity contribution in [1.29, 1.82) is 0 Å². The Labute approximate surface area is 257 Å². The minimum absolute atomic E-state index is 0.00978. The van der Waals surface area contributed by atoms with Gasteiger partial charge in [0.25, 0.3) is 5.91 Å². The van der Waals surface area contributed by atoms with Gasteiger partial charge in [0.05, 0.1) is 29.8 Å². The van der Waals surface area contributed by atoms with Gasteiger partial charge in [0.2, 0.25) is 5.91 Å². The smallest absolute Gasteiger partial charge is 0.255 e.